The third-order valence-corrected chi connectivity index (χ3v) is 1.59. The Bertz CT molecular complexity index is 182. The summed E-state index contributed by atoms with van der Waals surface area (Å²) in [6.45, 7) is 3.53. The van der Waals surface area contributed by atoms with Gasteiger partial charge in [-0.15, -0.1) is 5.75 Å². The summed E-state index contributed by atoms with van der Waals surface area (Å²) in [5.74, 6) is -0.00926. The Morgan fingerprint density at radius 2 is 2.12 bits per heavy atom. The molecule has 0 saturated carbocycles. The molecule has 0 unspecified atom stereocenters. The van der Waals surface area contributed by atoms with Gasteiger partial charge in [-0.05, 0) is 6.42 Å². The van der Waals surface area contributed by atoms with Crippen molar-refractivity contribution >= 4 is 23.8 Å². The first-order chi connectivity index (χ1) is 7.04. The van der Waals surface area contributed by atoms with Gasteiger partial charge in [-0.3, -0.25) is 15.8 Å². The Kier molecular flexibility index (Phi) is 23.6. The second kappa shape index (κ2) is 17.6. The number of hydrogen-bond donors (Lipinski definition) is 3. The van der Waals surface area contributed by atoms with Crippen molar-refractivity contribution < 1.29 is 47.4 Å². The molecule has 0 bridgehead atoms. The van der Waals surface area contributed by atoms with E-state index >= 15 is 0 Å². The molecule has 16 heavy (non-hydrogen) atoms. The number of amides is 2. The fourth-order valence-corrected chi connectivity index (χ4v) is 0.730. The van der Waals surface area contributed by atoms with Gasteiger partial charge in [0.15, 0.2) is 0 Å². The molecular weight excluding hydrogens is 305 g/mol. The molecule has 0 fully saturated rings. The van der Waals surface area contributed by atoms with E-state index in [4.69, 9.17) is 10.8 Å². The predicted octanol–water partition coefficient (Wildman–Crippen LogP) is 1.60. The van der Waals surface area contributed by atoms with Crippen molar-refractivity contribution in [2.45, 2.75) is 26.2 Å². The molecule has 0 saturated heterocycles. The molecule has 0 aliphatic carbocycles. The number of urea groups is 1. The summed E-state index contributed by atoms with van der Waals surface area (Å²) in [7, 11) is 0. The first-order valence-electron chi connectivity index (χ1n) is 4.51. The van der Waals surface area contributed by atoms with Gasteiger partial charge in [0.05, 0.1) is 0 Å². The fourth-order valence-electron chi connectivity index (χ4n) is 0.529. The summed E-state index contributed by atoms with van der Waals surface area (Å²) in [6.07, 6.45) is 5.56. The molecule has 0 aliphatic heterocycles. The Balaban J connectivity index is -0.000000200. The number of carbonyl (C=O) groups excluding carboxylic acids is 1. The maximum Gasteiger partial charge on any atom is 0.303 e. The quantitative estimate of drug-likeness (QED) is 0.511. The fraction of sp³-hybridized carbons (Fsp3) is 0.556. The first kappa shape index (κ1) is 21.5. The smallest absolute Gasteiger partial charge is 0.303 e. The van der Waals surface area contributed by atoms with Gasteiger partial charge in [-0.25, -0.2) is 6.54 Å². The van der Waals surface area contributed by atoms with Crippen LogP contribution in [-0.4, -0.2) is 22.9 Å². The van der Waals surface area contributed by atoms with E-state index in [0.717, 1.165) is 12.8 Å². The Morgan fingerprint density at radius 1 is 1.56 bits per heavy atom. The zero-order valence-corrected chi connectivity index (χ0v) is 13.1. The summed E-state index contributed by atoms with van der Waals surface area (Å²) < 4.78 is 0. The summed E-state index contributed by atoms with van der Waals surface area (Å²) in [5.41, 5.74) is 4.72. The second-order valence-electron chi connectivity index (χ2n) is 2.58. The summed E-state index contributed by atoms with van der Waals surface area (Å²) in [5, 5.41) is 10.3. The van der Waals surface area contributed by atoms with Crippen LogP contribution in [0, 0.1) is 12.8 Å². The average molecular weight is 323 g/mol. The van der Waals surface area contributed by atoms with Crippen LogP contribution in [0.15, 0.2) is 0 Å². The second-order valence-corrected chi connectivity index (χ2v) is 3.32. The molecule has 93 valence electrons. The van der Waals surface area contributed by atoms with Crippen LogP contribution < -0.4 is 11.1 Å². The summed E-state index contributed by atoms with van der Waals surface area (Å²) >= 11 is 1.37. The molecule has 4 N–H and O–H groups in total. The maximum atomic E-state index is 9.92. The molecule has 5 nitrogen and oxygen atoms in total. The molecule has 0 aromatic heterocycles. The minimum absolute atomic E-state index is 0. The number of carbonyl (C=O) groups is 2. The van der Waals surface area contributed by atoms with Gasteiger partial charge in [0.1, 0.15) is 0 Å². The van der Waals surface area contributed by atoms with E-state index in [2.05, 4.69) is 11.6 Å². The number of thioether (sulfide) groups is 1. The van der Waals surface area contributed by atoms with Gasteiger partial charge in [-0.1, -0.05) is 13.3 Å². The van der Waals surface area contributed by atoms with Crippen LogP contribution in [0.25, 0.3) is 0 Å². The zero-order chi connectivity index (χ0) is 12.1. The van der Waals surface area contributed by atoms with Crippen molar-refractivity contribution in [2.75, 3.05) is 5.75 Å². The topological polar surface area (TPSA) is 92.4 Å². The number of unbranched alkanes of at least 4 members (excludes halogenated alkanes) is 1. The van der Waals surface area contributed by atoms with E-state index in [0.29, 0.717) is 12.2 Å². The van der Waals surface area contributed by atoms with Crippen LogP contribution >= 0.6 is 11.8 Å². The third kappa shape index (κ3) is 29.2. The SMILES string of the molecule is CCCCC(=O)O.[CH2-]SC[CH-]NC(N)=O.[Y]. The third-order valence-electron chi connectivity index (χ3n) is 1.19. The number of aliphatic carboxylic acids is 1. The van der Waals surface area contributed by atoms with Crippen LogP contribution in [-0.2, 0) is 37.5 Å². The van der Waals surface area contributed by atoms with E-state index in [1.165, 1.54) is 11.8 Å². The van der Waals surface area contributed by atoms with Crippen LogP contribution in [0.4, 0.5) is 4.79 Å². The van der Waals surface area contributed by atoms with Crippen molar-refractivity contribution in [1.29, 1.82) is 0 Å². The molecule has 0 rings (SSSR count). The predicted molar refractivity (Wildman–Crippen MR) is 62.0 cm³/mol. The molecule has 2 amide bonds. The van der Waals surface area contributed by atoms with Crippen LogP contribution in [0.5, 0.6) is 0 Å². The van der Waals surface area contributed by atoms with Gasteiger partial charge < -0.3 is 27.9 Å². The van der Waals surface area contributed by atoms with Crippen molar-refractivity contribution in [3.05, 3.63) is 12.8 Å². The summed E-state index contributed by atoms with van der Waals surface area (Å²) in [4.78, 5) is 19.7. The molecule has 0 aromatic carbocycles. The minimum Gasteiger partial charge on any atom is -0.487 e. The molecule has 1 radical (unpaired) electrons. The number of hydrogen-bond acceptors (Lipinski definition) is 3. The van der Waals surface area contributed by atoms with Gasteiger partial charge in [0.25, 0.3) is 6.03 Å². The number of primary amides is 1. The van der Waals surface area contributed by atoms with Crippen molar-refractivity contribution in [3.8, 4) is 0 Å². The standard InChI is InChI=1S/C5H10O2.C4H8N2OS.Y/c1-2-3-4-5(6)7;1-8-3-2-6-4(5)7;/h2-4H2,1H3,(H,6,7);2H,1,3H2,(H3,5,6,7);/q;-2;. The maximum absolute atomic E-state index is 9.92. The van der Waals surface area contributed by atoms with Crippen LogP contribution in [0.3, 0.4) is 0 Å². The zero-order valence-electron chi connectivity index (χ0n) is 9.44. The largest absolute Gasteiger partial charge is 0.487 e. The molecule has 0 spiro atoms. The molecular formula is C9H18N2O3SY-2. The Morgan fingerprint density at radius 3 is 2.38 bits per heavy atom. The normalized spacial score (nSPS) is 8.12. The van der Waals surface area contributed by atoms with Gasteiger partial charge in [0, 0.05) is 39.1 Å². The van der Waals surface area contributed by atoms with E-state index in [1.54, 1.807) is 6.54 Å². The molecule has 0 aromatic rings. The van der Waals surface area contributed by atoms with E-state index in [1.807, 2.05) is 6.92 Å². The molecule has 0 heterocycles. The minimum atomic E-state index is -0.693. The van der Waals surface area contributed by atoms with Crippen LogP contribution in [0.2, 0.25) is 0 Å². The summed E-state index contributed by atoms with van der Waals surface area (Å²) in [6, 6.07) is -0.529. The number of nitrogens with two attached hydrogens (primary N) is 1. The van der Waals surface area contributed by atoms with Crippen molar-refractivity contribution in [2.24, 2.45) is 5.73 Å². The van der Waals surface area contributed by atoms with Crippen molar-refractivity contribution in [3.63, 3.8) is 0 Å². The average Bonchev–Trinajstić information content (AvgIpc) is 2.15. The van der Waals surface area contributed by atoms with E-state index in [-0.39, 0.29) is 32.7 Å². The van der Waals surface area contributed by atoms with Crippen molar-refractivity contribution in [1.82, 2.24) is 5.32 Å². The Hall–Kier alpha value is 0.194. The monoisotopic (exact) mass is 323 g/mol. The molecule has 0 aliphatic rings. The number of carboxylic acids is 1. The van der Waals surface area contributed by atoms with Gasteiger partial charge in [-0.2, -0.15) is 0 Å². The van der Waals surface area contributed by atoms with E-state index < -0.39 is 12.0 Å². The first-order valence-corrected chi connectivity index (χ1v) is 5.66. The molecule has 0 atom stereocenters. The number of rotatable bonds is 6. The van der Waals surface area contributed by atoms with Gasteiger partial charge in [0.2, 0.25) is 0 Å². The number of carboxylic acid groups (broad SMARTS) is 1. The van der Waals surface area contributed by atoms with E-state index in [9.17, 15) is 9.59 Å². The number of nitrogens with one attached hydrogen (secondary N) is 1. The van der Waals surface area contributed by atoms with Gasteiger partial charge >= 0.3 is 5.97 Å². The van der Waals surface area contributed by atoms with Crippen LogP contribution in [0.1, 0.15) is 26.2 Å². The Labute approximate surface area is 126 Å². The molecule has 7 heteroatoms.